The Kier molecular flexibility index (Phi) is 4.88. The van der Waals surface area contributed by atoms with E-state index >= 15 is 0 Å². The van der Waals surface area contributed by atoms with Crippen LogP contribution < -0.4 is 5.32 Å². The molecule has 0 spiro atoms. The van der Waals surface area contributed by atoms with Gasteiger partial charge in [-0.15, -0.1) is 10.2 Å². The molecule has 0 unspecified atom stereocenters. The molecule has 7 heteroatoms. The van der Waals surface area contributed by atoms with Crippen LogP contribution >= 0.6 is 0 Å². The first kappa shape index (κ1) is 13.1. The lowest BCUT2D eigenvalue weighted by atomic mass is 10.5. The van der Waals surface area contributed by atoms with Crippen molar-refractivity contribution in [3.8, 4) is 0 Å². The highest BCUT2D eigenvalue weighted by molar-refractivity contribution is 7.91. The van der Waals surface area contributed by atoms with Crippen LogP contribution in [0.3, 0.4) is 0 Å². The molecule has 16 heavy (non-hydrogen) atoms. The maximum Gasteiger partial charge on any atom is 0.151 e. The van der Waals surface area contributed by atoms with Gasteiger partial charge in [0.25, 0.3) is 0 Å². The van der Waals surface area contributed by atoms with Gasteiger partial charge in [-0.05, 0) is 6.92 Å². The van der Waals surface area contributed by atoms with Crippen LogP contribution in [-0.2, 0) is 22.9 Å². The van der Waals surface area contributed by atoms with Crippen LogP contribution in [0.1, 0.15) is 19.7 Å². The van der Waals surface area contributed by atoms with E-state index in [1.807, 2.05) is 11.5 Å². The van der Waals surface area contributed by atoms with Gasteiger partial charge in [0.15, 0.2) is 9.84 Å². The molecule has 1 rings (SSSR count). The van der Waals surface area contributed by atoms with Crippen LogP contribution in [-0.4, -0.2) is 41.2 Å². The van der Waals surface area contributed by atoms with Gasteiger partial charge >= 0.3 is 0 Å². The zero-order chi connectivity index (χ0) is 12.0. The van der Waals surface area contributed by atoms with E-state index in [-0.39, 0.29) is 11.5 Å². The molecule has 1 aromatic heterocycles. The van der Waals surface area contributed by atoms with Crippen LogP contribution in [0, 0.1) is 0 Å². The molecule has 0 aliphatic carbocycles. The Morgan fingerprint density at radius 1 is 1.44 bits per heavy atom. The van der Waals surface area contributed by atoms with Gasteiger partial charge in [0.2, 0.25) is 0 Å². The standard InChI is InChI=1S/C9H18N4O2S/c1-3-13-8-11-12-9(13)7-10-5-6-16(14,15)4-2/h8,10H,3-7H2,1-2H3. The fraction of sp³-hybridized carbons (Fsp3) is 0.778. The van der Waals surface area contributed by atoms with E-state index in [0.29, 0.717) is 13.1 Å². The lowest BCUT2D eigenvalue weighted by Crippen LogP contribution is -2.24. The van der Waals surface area contributed by atoms with Gasteiger partial charge in [0.1, 0.15) is 12.2 Å². The summed E-state index contributed by atoms with van der Waals surface area (Å²) < 4.78 is 24.3. The van der Waals surface area contributed by atoms with Crippen molar-refractivity contribution in [3.05, 3.63) is 12.2 Å². The van der Waals surface area contributed by atoms with Crippen LogP contribution in [0.2, 0.25) is 0 Å². The predicted octanol–water partition coefficient (Wildman–Crippen LogP) is -0.178. The van der Waals surface area contributed by atoms with Crippen LogP contribution in [0.25, 0.3) is 0 Å². The topological polar surface area (TPSA) is 76.9 Å². The number of aryl methyl sites for hydroxylation is 1. The van der Waals surface area contributed by atoms with E-state index in [4.69, 9.17) is 0 Å². The molecule has 0 aliphatic heterocycles. The molecule has 1 N–H and O–H groups in total. The molecule has 1 heterocycles. The van der Waals surface area contributed by atoms with E-state index in [2.05, 4.69) is 15.5 Å². The Hall–Kier alpha value is -0.950. The predicted molar refractivity (Wildman–Crippen MR) is 61.7 cm³/mol. The molecule has 0 saturated carbocycles. The molecule has 0 bridgehead atoms. The first-order valence-electron chi connectivity index (χ1n) is 5.37. The average molecular weight is 246 g/mol. The Morgan fingerprint density at radius 3 is 2.81 bits per heavy atom. The zero-order valence-electron chi connectivity index (χ0n) is 9.68. The maximum absolute atomic E-state index is 11.2. The van der Waals surface area contributed by atoms with E-state index < -0.39 is 9.84 Å². The molecule has 0 radical (unpaired) electrons. The highest BCUT2D eigenvalue weighted by Crippen LogP contribution is 1.94. The first-order chi connectivity index (χ1) is 7.59. The van der Waals surface area contributed by atoms with E-state index in [0.717, 1.165) is 12.4 Å². The third-order valence-electron chi connectivity index (χ3n) is 2.35. The number of hydrogen-bond acceptors (Lipinski definition) is 5. The monoisotopic (exact) mass is 246 g/mol. The van der Waals surface area contributed by atoms with Crippen molar-refractivity contribution in [1.29, 1.82) is 0 Å². The van der Waals surface area contributed by atoms with Gasteiger partial charge in [0, 0.05) is 18.8 Å². The summed E-state index contributed by atoms with van der Waals surface area (Å²) in [5.41, 5.74) is 0. The quantitative estimate of drug-likeness (QED) is 0.675. The van der Waals surface area contributed by atoms with Crippen molar-refractivity contribution in [3.63, 3.8) is 0 Å². The maximum atomic E-state index is 11.2. The Bertz CT molecular complexity index is 413. The van der Waals surface area contributed by atoms with Gasteiger partial charge in [-0.1, -0.05) is 6.92 Å². The third kappa shape index (κ3) is 3.90. The van der Waals surface area contributed by atoms with E-state index in [9.17, 15) is 8.42 Å². The smallest absolute Gasteiger partial charge is 0.151 e. The molecule has 0 fully saturated rings. The first-order valence-corrected chi connectivity index (χ1v) is 7.19. The summed E-state index contributed by atoms with van der Waals surface area (Å²) in [5.74, 6) is 1.19. The lowest BCUT2D eigenvalue weighted by Gasteiger charge is -2.05. The Balaban J connectivity index is 2.31. The summed E-state index contributed by atoms with van der Waals surface area (Å²) >= 11 is 0. The minimum Gasteiger partial charge on any atom is -0.317 e. The van der Waals surface area contributed by atoms with Gasteiger partial charge < -0.3 is 9.88 Å². The molecule has 0 amide bonds. The second-order valence-electron chi connectivity index (χ2n) is 3.45. The van der Waals surface area contributed by atoms with Crippen molar-refractivity contribution in [2.24, 2.45) is 0 Å². The molecule has 0 aliphatic rings. The Morgan fingerprint density at radius 2 is 2.19 bits per heavy atom. The highest BCUT2D eigenvalue weighted by atomic mass is 32.2. The Labute approximate surface area is 96.0 Å². The molecule has 1 aromatic rings. The fourth-order valence-electron chi connectivity index (χ4n) is 1.25. The van der Waals surface area contributed by atoms with Crippen molar-refractivity contribution in [2.45, 2.75) is 26.9 Å². The summed E-state index contributed by atoms with van der Waals surface area (Å²) in [6, 6.07) is 0. The van der Waals surface area contributed by atoms with E-state index in [1.165, 1.54) is 0 Å². The summed E-state index contributed by atoms with van der Waals surface area (Å²) in [5, 5.41) is 10.8. The highest BCUT2D eigenvalue weighted by Gasteiger charge is 2.07. The number of nitrogens with zero attached hydrogens (tertiary/aromatic N) is 3. The average Bonchev–Trinajstić information content (AvgIpc) is 2.72. The normalized spacial score (nSPS) is 11.9. The van der Waals surface area contributed by atoms with E-state index in [1.54, 1.807) is 13.3 Å². The molecule has 92 valence electrons. The van der Waals surface area contributed by atoms with Gasteiger partial charge in [-0.25, -0.2) is 8.42 Å². The molecule has 0 atom stereocenters. The van der Waals surface area contributed by atoms with Crippen molar-refractivity contribution in [1.82, 2.24) is 20.1 Å². The molecule has 0 saturated heterocycles. The second-order valence-corrected chi connectivity index (χ2v) is 5.92. The van der Waals surface area contributed by atoms with Crippen LogP contribution in [0.5, 0.6) is 0 Å². The van der Waals surface area contributed by atoms with Gasteiger partial charge in [-0.2, -0.15) is 0 Å². The summed E-state index contributed by atoms with van der Waals surface area (Å²) in [4.78, 5) is 0. The number of nitrogens with one attached hydrogen (secondary N) is 1. The number of aromatic nitrogens is 3. The van der Waals surface area contributed by atoms with Crippen molar-refractivity contribution >= 4 is 9.84 Å². The lowest BCUT2D eigenvalue weighted by molar-refractivity contribution is 0.586. The summed E-state index contributed by atoms with van der Waals surface area (Å²) in [6.07, 6.45) is 1.67. The molecular formula is C9H18N4O2S. The minimum absolute atomic E-state index is 0.170. The minimum atomic E-state index is -2.88. The summed E-state index contributed by atoms with van der Waals surface area (Å²) in [6.45, 7) is 5.48. The van der Waals surface area contributed by atoms with Gasteiger partial charge in [0.05, 0.1) is 12.3 Å². The van der Waals surface area contributed by atoms with Gasteiger partial charge in [-0.3, -0.25) is 0 Å². The second kappa shape index (κ2) is 5.95. The third-order valence-corrected chi connectivity index (χ3v) is 4.05. The molecule has 6 nitrogen and oxygen atoms in total. The molecular weight excluding hydrogens is 228 g/mol. The number of rotatable bonds is 7. The fourth-order valence-corrected chi connectivity index (χ4v) is 2.00. The number of sulfone groups is 1. The largest absolute Gasteiger partial charge is 0.317 e. The van der Waals surface area contributed by atoms with Crippen molar-refractivity contribution < 1.29 is 8.42 Å². The number of hydrogen-bond donors (Lipinski definition) is 1. The SMILES string of the molecule is CCn1cnnc1CNCCS(=O)(=O)CC. The van der Waals surface area contributed by atoms with Crippen molar-refractivity contribution in [2.75, 3.05) is 18.1 Å². The van der Waals surface area contributed by atoms with Crippen LogP contribution in [0.4, 0.5) is 0 Å². The van der Waals surface area contributed by atoms with Crippen LogP contribution in [0.15, 0.2) is 6.33 Å². The molecule has 0 aromatic carbocycles. The summed E-state index contributed by atoms with van der Waals surface area (Å²) in [7, 11) is -2.88. The zero-order valence-corrected chi connectivity index (χ0v) is 10.5.